The first-order chi connectivity index (χ1) is 7.22. The van der Waals surface area contributed by atoms with E-state index in [1.165, 1.54) is 11.8 Å². The van der Waals surface area contributed by atoms with E-state index >= 15 is 0 Å². The van der Waals surface area contributed by atoms with E-state index in [1.54, 1.807) is 18.5 Å². The largest absolute Gasteiger partial charge is 0.294 e. The maximum atomic E-state index is 11.3. The molecule has 0 atom stereocenters. The summed E-state index contributed by atoms with van der Waals surface area (Å²) in [6.45, 7) is 3.57. The highest BCUT2D eigenvalue weighted by atomic mass is 79.9. The molecule has 0 bridgehead atoms. The monoisotopic (exact) mass is 287 g/mol. The number of carbonyl (C=O) groups is 1. The second-order valence-electron chi connectivity index (χ2n) is 2.58. The van der Waals surface area contributed by atoms with Gasteiger partial charge in [-0.05, 0) is 15.9 Å². The molecule has 0 aliphatic carbocycles. The maximum absolute atomic E-state index is 11.3. The van der Waals surface area contributed by atoms with Crippen LogP contribution in [0, 0.1) is 0 Å². The van der Waals surface area contributed by atoms with E-state index in [9.17, 15) is 4.79 Å². The first-order valence-electron chi connectivity index (χ1n) is 4.18. The molecule has 0 aliphatic rings. The summed E-state index contributed by atoms with van der Waals surface area (Å²) in [5, 5.41) is 2.59. The fourth-order valence-electron chi connectivity index (χ4n) is 0.773. The lowest BCUT2D eigenvalue weighted by Gasteiger charge is -2.01. The molecule has 0 saturated heterocycles. The summed E-state index contributed by atoms with van der Waals surface area (Å²) in [5.74, 6) is 1.35. The number of thioether (sulfide) groups is 1. The van der Waals surface area contributed by atoms with Crippen LogP contribution in [0.5, 0.6) is 0 Å². The lowest BCUT2D eigenvalue weighted by Crippen LogP contribution is -2.16. The SMILES string of the molecule is C=CCSCC(=O)Nc1ncc(Br)cn1. The standard InChI is InChI=1S/C9H10BrN3OS/c1-2-3-15-6-8(14)13-9-11-4-7(10)5-12-9/h2,4-5H,1,3,6H2,(H,11,12,13,14). The van der Waals surface area contributed by atoms with Gasteiger partial charge in [-0.3, -0.25) is 10.1 Å². The molecule has 1 heterocycles. The number of aromatic nitrogens is 2. The van der Waals surface area contributed by atoms with E-state index in [-0.39, 0.29) is 5.91 Å². The van der Waals surface area contributed by atoms with Gasteiger partial charge >= 0.3 is 0 Å². The van der Waals surface area contributed by atoms with Crippen LogP contribution in [0.3, 0.4) is 0 Å². The number of rotatable bonds is 5. The number of nitrogens with one attached hydrogen (secondary N) is 1. The highest BCUT2D eigenvalue weighted by molar-refractivity contribution is 9.10. The minimum absolute atomic E-state index is 0.107. The summed E-state index contributed by atoms with van der Waals surface area (Å²) in [7, 11) is 0. The lowest BCUT2D eigenvalue weighted by molar-refractivity contribution is -0.113. The predicted octanol–water partition coefficient (Wildman–Crippen LogP) is 2.10. The molecule has 1 rings (SSSR count). The van der Waals surface area contributed by atoms with Gasteiger partial charge in [0.05, 0.1) is 10.2 Å². The number of amides is 1. The fourth-order valence-corrected chi connectivity index (χ4v) is 1.52. The molecule has 15 heavy (non-hydrogen) atoms. The van der Waals surface area contributed by atoms with Gasteiger partial charge in [0.15, 0.2) is 0 Å². The molecule has 4 nitrogen and oxygen atoms in total. The smallest absolute Gasteiger partial charge is 0.236 e. The van der Waals surface area contributed by atoms with Gasteiger partial charge in [-0.25, -0.2) is 9.97 Å². The first-order valence-corrected chi connectivity index (χ1v) is 6.13. The van der Waals surface area contributed by atoms with Gasteiger partial charge in [0, 0.05) is 18.1 Å². The number of halogens is 1. The molecule has 0 radical (unpaired) electrons. The predicted molar refractivity (Wildman–Crippen MR) is 65.9 cm³/mol. The van der Waals surface area contributed by atoms with E-state index in [2.05, 4.69) is 37.8 Å². The lowest BCUT2D eigenvalue weighted by atomic mass is 10.6. The normalized spacial score (nSPS) is 9.67. The zero-order chi connectivity index (χ0) is 11.1. The van der Waals surface area contributed by atoms with Crippen LogP contribution < -0.4 is 5.32 Å². The van der Waals surface area contributed by atoms with Crippen LogP contribution in [0.1, 0.15) is 0 Å². The van der Waals surface area contributed by atoms with Gasteiger partial charge in [0.2, 0.25) is 11.9 Å². The summed E-state index contributed by atoms with van der Waals surface area (Å²) < 4.78 is 0.779. The minimum atomic E-state index is -0.107. The quantitative estimate of drug-likeness (QED) is 0.666. The van der Waals surface area contributed by atoms with Crippen molar-refractivity contribution in [3.8, 4) is 0 Å². The van der Waals surface area contributed by atoms with E-state index in [1.807, 2.05) is 0 Å². The first kappa shape index (κ1) is 12.2. The molecule has 6 heteroatoms. The Balaban J connectivity index is 2.37. The summed E-state index contributed by atoms with van der Waals surface area (Å²) in [4.78, 5) is 19.2. The Morgan fingerprint density at radius 2 is 2.27 bits per heavy atom. The van der Waals surface area contributed by atoms with Crippen molar-refractivity contribution >= 4 is 39.5 Å². The van der Waals surface area contributed by atoms with Gasteiger partial charge in [-0.1, -0.05) is 6.08 Å². The van der Waals surface area contributed by atoms with Crippen molar-refractivity contribution in [2.75, 3.05) is 16.8 Å². The Morgan fingerprint density at radius 1 is 1.60 bits per heavy atom. The number of nitrogens with zero attached hydrogens (tertiary/aromatic N) is 2. The van der Waals surface area contributed by atoms with Crippen LogP contribution in [0.25, 0.3) is 0 Å². The fraction of sp³-hybridized carbons (Fsp3) is 0.222. The van der Waals surface area contributed by atoms with Crippen molar-refractivity contribution in [2.24, 2.45) is 0 Å². The van der Waals surface area contributed by atoms with Crippen molar-refractivity contribution in [3.63, 3.8) is 0 Å². The zero-order valence-corrected chi connectivity index (χ0v) is 10.3. The van der Waals surface area contributed by atoms with Gasteiger partial charge in [-0.15, -0.1) is 18.3 Å². The van der Waals surface area contributed by atoms with E-state index in [0.29, 0.717) is 11.7 Å². The molecule has 0 spiro atoms. The summed E-state index contributed by atoms with van der Waals surface area (Å²) in [5.41, 5.74) is 0. The van der Waals surface area contributed by atoms with Crippen LogP contribution in [0.2, 0.25) is 0 Å². The molecule has 0 aliphatic heterocycles. The molecule has 1 N–H and O–H groups in total. The highest BCUT2D eigenvalue weighted by Crippen LogP contribution is 2.07. The number of carbonyl (C=O) groups excluding carboxylic acids is 1. The van der Waals surface area contributed by atoms with Gasteiger partial charge in [0.1, 0.15) is 0 Å². The van der Waals surface area contributed by atoms with Crippen molar-refractivity contribution in [1.29, 1.82) is 0 Å². The number of hydrogen-bond acceptors (Lipinski definition) is 4. The molecule has 0 unspecified atom stereocenters. The van der Waals surface area contributed by atoms with Crippen LogP contribution >= 0.6 is 27.7 Å². The van der Waals surface area contributed by atoms with Crippen molar-refractivity contribution in [3.05, 3.63) is 29.5 Å². The minimum Gasteiger partial charge on any atom is -0.294 e. The Hall–Kier alpha value is -0.880. The average molecular weight is 288 g/mol. The molecule has 1 aromatic heterocycles. The van der Waals surface area contributed by atoms with Crippen molar-refractivity contribution in [1.82, 2.24) is 9.97 Å². The van der Waals surface area contributed by atoms with Crippen LogP contribution in [-0.2, 0) is 4.79 Å². The Labute approximate surface area is 101 Å². The van der Waals surface area contributed by atoms with Crippen LogP contribution in [0.15, 0.2) is 29.5 Å². The van der Waals surface area contributed by atoms with Crippen LogP contribution in [-0.4, -0.2) is 27.4 Å². The average Bonchev–Trinajstić information content (AvgIpc) is 2.22. The molecule has 1 amide bonds. The third-order valence-corrected chi connectivity index (χ3v) is 2.69. The third-order valence-electron chi connectivity index (χ3n) is 1.34. The number of hydrogen-bond donors (Lipinski definition) is 1. The third kappa shape index (κ3) is 4.94. The molecule has 1 aromatic rings. The summed E-state index contributed by atoms with van der Waals surface area (Å²) >= 11 is 4.70. The Kier molecular flexibility index (Phi) is 5.34. The van der Waals surface area contributed by atoms with E-state index in [4.69, 9.17) is 0 Å². The van der Waals surface area contributed by atoms with E-state index in [0.717, 1.165) is 10.2 Å². The Bertz CT molecular complexity index is 342. The van der Waals surface area contributed by atoms with Gasteiger partial charge in [-0.2, -0.15) is 0 Å². The van der Waals surface area contributed by atoms with Crippen molar-refractivity contribution in [2.45, 2.75) is 0 Å². The molecule has 0 fully saturated rings. The highest BCUT2D eigenvalue weighted by Gasteiger charge is 2.03. The van der Waals surface area contributed by atoms with Crippen LogP contribution in [0.4, 0.5) is 5.95 Å². The molecular weight excluding hydrogens is 278 g/mol. The molecule has 80 valence electrons. The molecular formula is C9H10BrN3OS. The maximum Gasteiger partial charge on any atom is 0.236 e. The summed E-state index contributed by atoms with van der Waals surface area (Å²) in [6, 6.07) is 0. The second-order valence-corrected chi connectivity index (χ2v) is 4.52. The summed E-state index contributed by atoms with van der Waals surface area (Å²) in [6.07, 6.45) is 4.92. The second kappa shape index (κ2) is 6.58. The van der Waals surface area contributed by atoms with Gasteiger partial charge in [0.25, 0.3) is 0 Å². The topological polar surface area (TPSA) is 54.9 Å². The number of anilines is 1. The van der Waals surface area contributed by atoms with Crippen molar-refractivity contribution < 1.29 is 4.79 Å². The van der Waals surface area contributed by atoms with E-state index < -0.39 is 0 Å². The van der Waals surface area contributed by atoms with Gasteiger partial charge < -0.3 is 0 Å². The Morgan fingerprint density at radius 3 is 2.87 bits per heavy atom. The molecule has 0 aromatic carbocycles. The zero-order valence-electron chi connectivity index (χ0n) is 7.94. The molecule has 0 saturated carbocycles.